The molecule has 1 aliphatic carbocycles. The summed E-state index contributed by atoms with van der Waals surface area (Å²) in [4.78, 5) is 13.3. The average Bonchev–Trinajstić information content (AvgIpc) is 3.45. The lowest BCUT2D eigenvalue weighted by Crippen LogP contribution is -2.20. The van der Waals surface area contributed by atoms with Crippen molar-refractivity contribution in [3.05, 3.63) is 89.0 Å². The highest BCUT2D eigenvalue weighted by molar-refractivity contribution is 6.30. The summed E-state index contributed by atoms with van der Waals surface area (Å²) in [6, 6.07) is 18.8. The number of anilines is 2. The van der Waals surface area contributed by atoms with Gasteiger partial charge in [-0.15, -0.1) is 5.10 Å². The van der Waals surface area contributed by atoms with E-state index in [1.165, 1.54) is 0 Å². The molecule has 6 nitrogen and oxygen atoms in total. The molecule has 0 saturated heterocycles. The number of halogens is 1. The van der Waals surface area contributed by atoms with Crippen molar-refractivity contribution in [3.63, 3.8) is 0 Å². The van der Waals surface area contributed by atoms with Gasteiger partial charge in [-0.1, -0.05) is 11.6 Å². The van der Waals surface area contributed by atoms with E-state index in [0.717, 1.165) is 28.6 Å². The second kappa shape index (κ2) is 8.55. The van der Waals surface area contributed by atoms with Gasteiger partial charge in [0, 0.05) is 29.5 Å². The molecule has 0 bridgehead atoms. The van der Waals surface area contributed by atoms with Crippen LogP contribution < -0.4 is 10.1 Å². The fourth-order valence-corrected chi connectivity index (χ4v) is 4.24. The molecular weight excluding hydrogens is 426 g/mol. The van der Waals surface area contributed by atoms with E-state index in [4.69, 9.17) is 25.9 Å². The second-order valence-electron chi connectivity index (χ2n) is 7.68. The molecule has 0 aliphatic heterocycles. The fourth-order valence-electron chi connectivity index (χ4n) is 4.11. The van der Waals surface area contributed by atoms with Gasteiger partial charge < -0.3 is 14.5 Å². The number of benzene rings is 2. The zero-order chi connectivity index (χ0) is 22.1. The van der Waals surface area contributed by atoms with Crippen molar-refractivity contribution in [1.29, 1.82) is 0 Å². The summed E-state index contributed by atoms with van der Waals surface area (Å²) < 4.78 is 12.9. The first-order valence-electron chi connectivity index (χ1n) is 10.6. The van der Waals surface area contributed by atoms with Gasteiger partial charge >= 0.3 is 0 Å². The Hall–Kier alpha value is -3.51. The first kappa shape index (κ1) is 20.4. The van der Waals surface area contributed by atoms with Crippen LogP contribution in [0.15, 0.2) is 71.3 Å². The molecule has 0 saturated carbocycles. The number of rotatable bonds is 6. The Morgan fingerprint density at radius 3 is 2.59 bits per heavy atom. The largest absolute Gasteiger partial charge is 0.494 e. The molecule has 4 aromatic rings. The predicted octanol–water partition coefficient (Wildman–Crippen LogP) is 6.17. The van der Waals surface area contributed by atoms with E-state index in [1.807, 2.05) is 72.3 Å². The number of carbonyl (C=O) groups excluding carboxylic acids is 1. The quantitative estimate of drug-likeness (QED) is 0.382. The number of fused-ring (bicyclic) bond motifs is 1. The van der Waals surface area contributed by atoms with Crippen LogP contribution in [0.4, 0.5) is 11.5 Å². The number of hydrogen-bond acceptors (Lipinski definition) is 5. The topological polar surface area (TPSA) is 69.3 Å². The van der Waals surface area contributed by atoms with Gasteiger partial charge in [0.1, 0.15) is 11.5 Å². The average molecular weight is 448 g/mol. The Bertz CT molecular complexity index is 1230. The lowest BCUT2D eigenvalue weighted by molar-refractivity contribution is 0.0960. The highest BCUT2D eigenvalue weighted by atomic mass is 35.5. The SMILES string of the molecule is CCOc1ccc(Nc2nn(-c3ccc(Cl)cc3)c3c2C(=O)CC(c2ccco2)C3)cc1. The minimum atomic E-state index is -0.0222. The van der Waals surface area contributed by atoms with Gasteiger partial charge in [-0.2, -0.15) is 0 Å². The van der Waals surface area contributed by atoms with Crippen LogP contribution in [-0.2, 0) is 6.42 Å². The Balaban J connectivity index is 1.55. The predicted molar refractivity (Wildman–Crippen MR) is 124 cm³/mol. The van der Waals surface area contributed by atoms with Crippen molar-refractivity contribution >= 4 is 28.9 Å². The summed E-state index contributed by atoms with van der Waals surface area (Å²) in [6.07, 6.45) is 2.67. The number of furan rings is 1. The summed E-state index contributed by atoms with van der Waals surface area (Å²) >= 11 is 6.09. The maximum atomic E-state index is 13.3. The second-order valence-corrected chi connectivity index (χ2v) is 8.12. The molecule has 2 aromatic carbocycles. The smallest absolute Gasteiger partial charge is 0.169 e. The molecule has 1 atom stereocenters. The Morgan fingerprint density at radius 1 is 1.12 bits per heavy atom. The van der Waals surface area contributed by atoms with Crippen LogP contribution in [0.5, 0.6) is 5.75 Å². The van der Waals surface area contributed by atoms with Crippen LogP contribution in [0.25, 0.3) is 5.69 Å². The molecule has 0 radical (unpaired) electrons. The van der Waals surface area contributed by atoms with Crippen LogP contribution in [0.3, 0.4) is 0 Å². The van der Waals surface area contributed by atoms with Crippen molar-refractivity contribution in [3.8, 4) is 11.4 Å². The number of nitrogens with one attached hydrogen (secondary N) is 1. The Labute approximate surface area is 190 Å². The van der Waals surface area contributed by atoms with E-state index in [-0.39, 0.29) is 11.7 Å². The maximum Gasteiger partial charge on any atom is 0.169 e. The van der Waals surface area contributed by atoms with E-state index in [0.29, 0.717) is 35.9 Å². The highest BCUT2D eigenvalue weighted by Gasteiger charge is 2.34. The summed E-state index contributed by atoms with van der Waals surface area (Å²) in [7, 11) is 0. The molecule has 0 amide bonds. The Kier molecular flexibility index (Phi) is 5.45. The molecule has 2 aromatic heterocycles. The van der Waals surface area contributed by atoms with Crippen molar-refractivity contribution in [2.45, 2.75) is 25.7 Å². The van der Waals surface area contributed by atoms with Crippen molar-refractivity contribution in [2.24, 2.45) is 0 Å². The van der Waals surface area contributed by atoms with E-state index < -0.39 is 0 Å². The van der Waals surface area contributed by atoms with Crippen LogP contribution in [-0.4, -0.2) is 22.2 Å². The van der Waals surface area contributed by atoms with Crippen molar-refractivity contribution < 1.29 is 13.9 Å². The molecule has 1 aliphatic rings. The zero-order valence-electron chi connectivity index (χ0n) is 17.5. The first-order chi connectivity index (χ1) is 15.6. The van der Waals surface area contributed by atoms with Crippen LogP contribution in [0.2, 0.25) is 5.02 Å². The highest BCUT2D eigenvalue weighted by Crippen LogP contribution is 2.38. The molecule has 0 fully saturated rings. The third kappa shape index (κ3) is 3.89. The normalized spacial score (nSPS) is 15.4. The molecule has 32 heavy (non-hydrogen) atoms. The summed E-state index contributed by atoms with van der Waals surface area (Å²) in [5, 5.41) is 8.76. The maximum absolute atomic E-state index is 13.3. The number of hydrogen-bond donors (Lipinski definition) is 1. The first-order valence-corrected chi connectivity index (χ1v) is 10.9. The summed E-state index contributed by atoms with van der Waals surface area (Å²) in [5.74, 6) is 2.17. The molecule has 5 rings (SSSR count). The van der Waals surface area contributed by atoms with Crippen LogP contribution >= 0.6 is 11.6 Å². The monoisotopic (exact) mass is 447 g/mol. The van der Waals surface area contributed by atoms with Gasteiger partial charge in [-0.3, -0.25) is 4.79 Å². The molecule has 162 valence electrons. The van der Waals surface area contributed by atoms with Gasteiger partial charge in [0.2, 0.25) is 0 Å². The van der Waals surface area contributed by atoms with Crippen LogP contribution in [0.1, 0.15) is 41.1 Å². The van der Waals surface area contributed by atoms with E-state index >= 15 is 0 Å². The molecule has 2 heterocycles. The molecule has 0 spiro atoms. The Morgan fingerprint density at radius 2 is 1.91 bits per heavy atom. The van der Waals surface area contributed by atoms with Crippen LogP contribution in [0, 0.1) is 0 Å². The lowest BCUT2D eigenvalue weighted by atomic mass is 9.85. The van der Waals surface area contributed by atoms with Gasteiger partial charge in [-0.05, 0) is 67.6 Å². The molecular formula is C25H22ClN3O3. The third-order valence-electron chi connectivity index (χ3n) is 5.58. The van der Waals surface area contributed by atoms with Gasteiger partial charge in [0.15, 0.2) is 11.6 Å². The van der Waals surface area contributed by atoms with Gasteiger partial charge in [0.05, 0.1) is 29.8 Å². The number of carbonyl (C=O) groups is 1. The number of ether oxygens (including phenoxy) is 1. The standard InChI is InChI=1S/C25H22ClN3O3/c1-2-31-20-11-7-18(8-12-20)27-25-24-21(29(28-25)19-9-5-17(26)6-10-19)14-16(15-22(24)30)23-4-3-13-32-23/h3-13,16H,2,14-15H2,1H3,(H,27,28). The summed E-state index contributed by atoms with van der Waals surface area (Å²) in [5.41, 5.74) is 3.16. The van der Waals surface area contributed by atoms with Gasteiger partial charge in [-0.25, -0.2) is 4.68 Å². The van der Waals surface area contributed by atoms with Gasteiger partial charge in [0.25, 0.3) is 0 Å². The number of nitrogens with zero attached hydrogens (tertiary/aromatic N) is 2. The van der Waals surface area contributed by atoms with E-state index in [2.05, 4.69) is 5.32 Å². The zero-order valence-corrected chi connectivity index (χ0v) is 18.3. The number of aromatic nitrogens is 2. The summed E-state index contributed by atoms with van der Waals surface area (Å²) in [6.45, 7) is 2.56. The van der Waals surface area contributed by atoms with Crippen molar-refractivity contribution in [1.82, 2.24) is 9.78 Å². The van der Waals surface area contributed by atoms with Crippen molar-refractivity contribution in [2.75, 3.05) is 11.9 Å². The number of ketones is 1. The third-order valence-corrected chi connectivity index (χ3v) is 5.83. The van der Waals surface area contributed by atoms with E-state index in [1.54, 1.807) is 6.26 Å². The minimum absolute atomic E-state index is 0.0222. The lowest BCUT2D eigenvalue weighted by Gasteiger charge is -2.21. The molecule has 7 heteroatoms. The number of Topliss-reactive ketones (excluding diaryl/α,β-unsaturated/α-hetero) is 1. The fraction of sp³-hybridized carbons (Fsp3) is 0.200. The molecule has 1 N–H and O–H groups in total. The van der Waals surface area contributed by atoms with E-state index in [9.17, 15) is 4.79 Å². The molecule has 1 unspecified atom stereocenters. The minimum Gasteiger partial charge on any atom is -0.494 e.